The van der Waals surface area contributed by atoms with Gasteiger partial charge in [0.05, 0.1) is 4.34 Å². The summed E-state index contributed by atoms with van der Waals surface area (Å²) < 4.78 is 0.847. The van der Waals surface area contributed by atoms with E-state index in [-0.39, 0.29) is 0 Å². The number of thiol groups is 2. The summed E-state index contributed by atoms with van der Waals surface area (Å²) in [6.07, 6.45) is 0.962. The second-order valence-electron chi connectivity index (χ2n) is 2.25. The molecule has 0 radical (unpaired) electrons. The van der Waals surface area contributed by atoms with Gasteiger partial charge in [0.25, 0.3) is 0 Å². The molecule has 0 fully saturated rings. The molecule has 0 amide bonds. The van der Waals surface area contributed by atoms with Crippen LogP contribution < -0.4 is 0 Å². The van der Waals surface area contributed by atoms with Crippen molar-refractivity contribution in [3.63, 3.8) is 0 Å². The van der Waals surface area contributed by atoms with Gasteiger partial charge < -0.3 is 0 Å². The summed E-state index contributed by atoms with van der Waals surface area (Å²) in [5.74, 6) is 0.804. The van der Waals surface area contributed by atoms with Gasteiger partial charge >= 0.3 is 0 Å². The highest BCUT2D eigenvalue weighted by Gasteiger charge is 2.03. The molecule has 11 heavy (non-hydrogen) atoms. The number of halogens is 1. The van der Waals surface area contributed by atoms with Gasteiger partial charge in [0.2, 0.25) is 0 Å². The predicted molar refractivity (Wildman–Crippen MR) is 59.7 cm³/mol. The van der Waals surface area contributed by atoms with E-state index in [1.807, 2.05) is 12.1 Å². The molecule has 1 rings (SSSR count). The summed E-state index contributed by atoms with van der Waals surface area (Å²) in [5, 5.41) is 0.341. The molecule has 1 atom stereocenters. The molecular formula is C7H9ClS3. The second kappa shape index (κ2) is 4.65. The predicted octanol–water partition coefficient (Wildman–Crippen LogP) is 3.17. The van der Waals surface area contributed by atoms with Gasteiger partial charge in [-0.2, -0.15) is 25.3 Å². The SMILES string of the molecule is SCC(S)Cc1ccc(Cl)s1. The topological polar surface area (TPSA) is 0 Å². The van der Waals surface area contributed by atoms with E-state index < -0.39 is 0 Å². The van der Waals surface area contributed by atoms with E-state index >= 15 is 0 Å². The molecule has 1 unspecified atom stereocenters. The highest BCUT2D eigenvalue weighted by Crippen LogP contribution is 2.23. The van der Waals surface area contributed by atoms with Gasteiger partial charge in [0.15, 0.2) is 0 Å². The van der Waals surface area contributed by atoms with Gasteiger partial charge in [0.1, 0.15) is 0 Å². The van der Waals surface area contributed by atoms with Gasteiger partial charge in [-0.25, -0.2) is 0 Å². The Morgan fingerprint density at radius 2 is 2.27 bits per heavy atom. The van der Waals surface area contributed by atoms with E-state index in [9.17, 15) is 0 Å². The monoisotopic (exact) mass is 224 g/mol. The van der Waals surface area contributed by atoms with E-state index in [4.69, 9.17) is 11.6 Å². The van der Waals surface area contributed by atoms with Crippen LogP contribution in [0.15, 0.2) is 12.1 Å². The quantitative estimate of drug-likeness (QED) is 0.725. The van der Waals surface area contributed by atoms with Crippen LogP contribution in [0.25, 0.3) is 0 Å². The van der Waals surface area contributed by atoms with Gasteiger partial charge in [0, 0.05) is 15.9 Å². The van der Waals surface area contributed by atoms with Crippen molar-refractivity contribution in [1.29, 1.82) is 0 Å². The molecule has 0 aromatic carbocycles. The Balaban J connectivity index is 2.50. The zero-order chi connectivity index (χ0) is 8.27. The van der Waals surface area contributed by atoms with Crippen LogP contribution in [-0.2, 0) is 6.42 Å². The van der Waals surface area contributed by atoms with E-state index in [1.54, 1.807) is 11.3 Å². The average Bonchev–Trinajstić information content (AvgIpc) is 2.35. The van der Waals surface area contributed by atoms with Crippen molar-refractivity contribution < 1.29 is 0 Å². The molecule has 0 spiro atoms. The number of hydrogen-bond acceptors (Lipinski definition) is 3. The van der Waals surface area contributed by atoms with Crippen LogP contribution in [0.4, 0.5) is 0 Å². The minimum atomic E-state index is 0.341. The van der Waals surface area contributed by atoms with Crippen LogP contribution in [-0.4, -0.2) is 11.0 Å². The highest BCUT2D eigenvalue weighted by atomic mass is 35.5. The zero-order valence-corrected chi connectivity index (χ0v) is 9.19. The molecule has 0 bridgehead atoms. The van der Waals surface area contributed by atoms with Crippen LogP contribution in [0.3, 0.4) is 0 Å². The van der Waals surface area contributed by atoms with Crippen LogP contribution in [0, 0.1) is 0 Å². The summed E-state index contributed by atoms with van der Waals surface area (Å²) in [5.41, 5.74) is 0. The minimum Gasteiger partial charge on any atom is -0.178 e. The van der Waals surface area contributed by atoms with Crippen LogP contribution >= 0.6 is 48.2 Å². The number of hydrogen-bond donors (Lipinski definition) is 2. The van der Waals surface area contributed by atoms with E-state index in [0.717, 1.165) is 16.5 Å². The molecule has 0 aliphatic rings. The first-order chi connectivity index (χ1) is 5.22. The number of rotatable bonds is 3. The Hall–Kier alpha value is 0.690. The lowest BCUT2D eigenvalue weighted by molar-refractivity contribution is 0.986. The van der Waals surface area contributed by atoms with E-state index in [0.29, 0.717) is 5.25 Å². The van der Waals surface area contributed by atoms with Crippen molar-refractivity contribution in [3.8, 4) is 0 Å². The summed E-state index contributed by atoms with van der Waals surface area (Å²) in [7, 11) is 0. The smallest absolute Gasteiger partial charge is 0.0931 e. The molecular weight excluding hydrogens is 216 g/mol. The number of thiophene rings is 1. The lowest BCUT2D eigenvalue weighted by Crippen LogP contribution is -2.02. The average molecular weight is 225 g/mol. The first-order valence-electron chi connectivity index (χ1n) is 3.25. The van der Waals surface area contributed by atoms with Crippen molar-refractivity contribution in [2.45, 2.75) is 11.7 Å². The first kappa shape index (κ1) is 9.78. The third-order valence-corrected chi connectivity index (χ3v) is 3.62. The lowest BCUT2D eigenvalue weighted by Gasteiger charge is -2.02. The Morgan fingerprint density at radius 3 is 2.73 bits per heavy atom. The largest absolute Gasteiger partial charge is 0.178 e. The molecule has 0 aliphatic heterocycles. The summed E-state index contributed by atoms with van der Waals surface area (Å²) >= 11 is 15.9. The van der Waals surface area contributed by atoms with Crippen molar-refractivity contribution in [3.05, 3.63) is 21.3 Å². The van der Waals surface area contributed by atoms with E-state index in [2.05, 4.69) is 25.3 Å². The van der Waals surface area contributed by atoms with Crippen molar-refractivity contribution in [2.75, 3.05) is 5.75 Å². The standard InChI is InChI=1S/C7H9ClS3/c8-7-2-1-6(11-7)3-5(10)4-9/h1-2,5,9-10H,3-4H2. The minimum absolute atomic E-state index is 0.341. The zero-order valence-electron chi connectivity index (χ0n) is 5.83. The molecule has 0 aliphatic carbocycles. The Morgan fingerprint density at radius 1 is 1.55 bits per heavy atom. The molecule has 0 nitrogen and oxygen atoms in total. The lowest BCUT2D eigenvalue weighted by atomic mass is 10.3. The summed E-state index contributed by atoms with van der Waals surface area (Å²) in [4.78, 5) is 1.28. The maximum absolute atomic E-state index is 5.76. The molecule has 0 N–H and O–H groups in total. The molecule has 4 heteroatoms. The normalized spacial score (nSPS) is 13.4. The van der Waals surface area contributed by atoms with E-state index in [1.165, 1.54) is 4.88 Å². The molecule has 62 valence electrons. The summed E-state index contributed by atoms with van der Waals surface area (Å²) in [6.45, 7) is 0. The molecule has 1 aromatic rings. The van der Waals surface area contributed by atoms with Gasteiger partial charge in [-0.15, -0.1) is 11.3 Å². The van der Waals surface area contributed by atoms with Crippen LogP contribution in [0.2, 0.25) is 4.34 Å². The third kappa shape index (κ3) is 3.28. The maximum Gasteiger partial charge on any atom is 0.0931 e. The summed E-state index contributed by atoms with van der Waals surface area (Å²) in [6, 6.07) is 3.96. The molecule has 1 aromatic heterocycles. The fourth-order valence-corrected chi connectivity index (χ4v) is 2.37. The maximum atomic E-state index is 5.76. The van der Waals surface area contributed by atoms with Crippen LogP contribution in [0.5, 0.6) is 0 Å². The van der Waals surface area contributed by atoms with Gasteiger partial charge in [-0.05, 0) is 18.6 Å². The Kier molecular flexibility index (Phi) is 4.13. The second-order valence-corrected chi connectivity index (χ2v) is 5.14. The van der Waals surface area contributed by atoms with Crippen molar-refractivity contribution >= 4 is 48.2 Å². The molecule has 1 heterocycles. The Bertz CT molecular complexity index is 221. The van der Waals surface area contributed by atoms with Gasteiger partial charge in [-0.1, -0.05) is 11.6 Å². The van der Waals surface area contributed by atoms with Crippen molar-refractivity contribution in [2.24, 2.45) is 0 Å². The van der Waals surface area contributed by atoms with Crippen LogP contribution in [0.1, 0.15) is 4.88 Å². The fraction of sp³-hybridized carbons (Fsp3) is 0.429. The first-order valence-corrected chi connectivity index (χ1v) is 5.60. The van der Waals surface area contributed by atoms with Gasteiger partial charge in [-0.3, -0.25) is 0 Å². The third-order valence-electron chi connectivity index (χ3n) is 1.28. The van der Waals surface area contributed by atoms with Crippen molar-refractivity contribution in [1.82, 2.24) is 0 Å². The molecule has 0 saturated carbocycles. The Labute approximate surface area is 86.8 Å². The highest BCUT2D eigenvalue weighted by molar-refractivity contribution is 7.84. The fourth-order valence-electron chi connectivity index (χ4n) is 0.758. The molecule has 0 saturated heterocycles.